The molecule has 2 aromatic rings. The van der Waals surface area contributed by atoms with E-state index < -0.39 is 17.6 Å². The summed E-state index contributed by atoms with van der Waals surface area (Å²) in [6.45, 7) is 4.27. The van der Waals surface area contributed by atoms with Crippen LogP contribution in [0.3, 0.4) is 0 Å². The first-order chi connectivity index (χ1) is 11.6. The zero-order chi connectivity index (χ0) is 18.8. The summed E-state index contributed by atoms with van der Waals surface area (Å²) in [5.41, 5.74) is -0.843. The number of carbonyl (C=O) groups is 1. The Bertz CT molecular complexity index is 779. The summed E-state index contributed by atoms with van der Waals surface area (Å²) in [6, 6.07) is 2.31. The summed E-state index contributed by atoms with van der Waals surface area (Å²) in [5, 5.41) is 2.77. The van der Waals surface area contributed by atoms with Gasteiger partial charge in [0, 0.05) is 23.9 Å². The zero-order valence-corrected chi connectivity index (χ0v) is 15.4. The van der Waals surface area contributed by atoms with Crippen LogP contribution in [0.1, 0.15) is 24.3 Å². The Morgan fingerprint density at radius 2 is 2.04 bits per heavy atom. The molecule has 1 heterocycles. The smallest absolute Gasteiger partial charge is 0.302 e. The number of alkyl halides is 3. The number of amides is 1. The second kappa shape index (κ2) is 7.76. The SMILES string of the molecule is CCN(P)Cc1sc(NC(C)=O)nc1-c1cc(F)cc(C(F)(F)F)c1. The number of carbonyl (C=O) groups excluding carboxylic acids is 1. The minimum absolute atomic E-state index is 0.0182. The average Bonchev–Trinajstić information content (AvgIpc) is 2.87. The summed E-state index contributed by atoms with van der Waals surface area (Å²) in [6.07, 6.45) is -4.66. The van der Waals surface area contributed by atoms with Gasteiger partial charge in [-0.3, -0.25) is 9.46 Å². The average molecular weight is 393 g/mol. The van der Waals surface area contributed by atoms with E-state index in [4.69, 9.17) is 0 Å². The number of nitrogens with one attached hydrogen (secondary N) is 1. The summed E-state index contributed by atoms with van der Waals surface area (Å²) in [7, 11) is 2.50. The Labute approximate surface area is 148 Å². The largest absolute Gasteiger partial charge is 0.416 e. The van der Waals surface area contributed by atoms with E-state index in [-0.39, 0.29) is 22.3 Å². The number of nitrogens with zero attached hydrogens (tertiary/aromatic N) is 2. The molecule has 1 amide bonds. The van der Waals surface area contributed by atoms with E-state index >= 15 is 0 Å². The number of thiazole rings is 1. The molecule has 1 aromatic heterocycles. The van der Waals surface area contributed by atoms with Crippen LogP contribution < -0.4 is 5.32 Å². The van der Waals surface area contributed by atoms with Gasteiger partial charge in [0.2, 0.25) is 5.91 Å². The van der Waals surface area contributed by atoms with Crippen molar-refractivity contribution in [2.45, 2.75) is 26.6 Å². The fraction of sp³-hybridized carbons (Fsp3) is 0.333. The zero-order valence-electron chi connectivity index (χ0n) is 13.4. The maximum atomic E-state index is 13.7. The highest BCUT2D eigenvalue weighted by atomic mass is 32.1. The van der Waals surface area contributed by atoms with Crippen LogP contribution in [0, 0.1) is 5.82 Å². The molecule has 0 fully saturated rings. The Balaban J connectivity index is 2.54. The van der Waals surface area contributed by atoms with E-state index in [1.807, 2.05) is 11.6 Å². The summed E-state index contributed by atoms with van der Waals surface area (Å²) in [5.74, 6) is -1.34. The third-order valence-corrected chi connectivity index (χ3v) is 4.74. The lowest BCUT2D eigenvalue weighted by Gasteiger charge is -2.13. The monoisotopic (exact) mass is 393 g/mol. The van der Waals surface area contributed by atoms with Crippen molar-refractivity contribution in [3.05, 3.63) is 34.5 Å². The predicted molar refractivity (Wildman–Crippen MR) is 92.6 cm³/mol. The molecule has 2 rings (SSSR count). The molecule has 1 N–H and O–H groups in total. The molecule has 0 radical (unpaired) electrons. The minimum atomic E-state index is -4.66. The van der Waals surface area contributed by atoms with E-state index in [1.165, 1.54) is 6.92 Å². The Kier molecular flexibility index (Phi) is 6.13. The molecule has 136 valence electrons. The van der Waals surface area contributed by atoms with Crippen molar-refractivity contribution in [1.29, 1.82) is 0 Å². The third-order valence-electron chi connectivity index (χ3n) is 3.23. The van der Waals surface area contributed by atoms with Crippen LogP contribution in [-0.2, 0) is 17.5 Å². The van der Waals surface area contributed by atoms with Gasteiger partial charge < -0.3 is 5.32 Å². The van der Waals surface area contributed by atoms with Crippen molar-refractivity contribution >= 4 is 31.8 Å². The van der Waals surface area contributed by atoms with Gasteiger partial charge in [-0.25, -0.2) is 9.37 Å². The number of anilines is 1. The van der Waals surface area contributed by atoms with Gasteiger partial charge in [-0.05, 0) is 24.7 Å². The standard InChI is InChI=1S/C15H16F4N3OPS/c1-3-22(24)7-12-13(21-14(25-12)20-8(2)23)9-4-10(15(17,18)19)6-11(16)5-9/h4-6H,3,7,24H2,1-2H3,(H,20,21,23). The number of halogens is 4. The maximum Gasteiger partial charge on any atom is 0.416 e. The normalized spacial score (nSPS) is 11.8. The lowest BCUT2D eigenvalue weighted by molar-refractivity contribution is -0.137. The first kappa shape index (κ1) is 19.8. The van der Waals surface area contributed by atoms with E-state index in [0.29, 0.717) is 24.0 Å². The molecule has 0 bridgehead atoms. The molecule has 1 aromatic carbocycles. The second-order valence-electron chi connectivity index (χ2n) is 5.26. The van der Waals surface area contributed by atoms with Crippen LogP contribution in [0.15, 0.2) is 18.2 Å². The van der Waals surface area contributed by atoms with Gasteiger partial charge in [-0.2, -0.15) is 13.2 Å². The Morgan fingerprint density at radius 1 is 1.36 bits per heavy atom. The molecule has 4 nitrogen and oxygen atoms in total. The van der Waals surface area contributed by atoms with Crippen LogP contribution in [-0.4, -0.2) is 22.1 Å². The Hall–Kier alpha value is -1.57. The fourth-order valence-electron chi connectivity index (χ4n) is 2.07. The summed E-state index contributed by atoms with van der Waals surface area (Å²) in [4.78, 5) is 16.0. The predicted octanol–water partition coefficient (Wildman–Crippen LogP) is 4.54. The topological polar surface area (TPSA) is 45.2 Å². The van der Waals surface area contributed by atoms with E-state index in [9.17, 15) is 22.4 Å². The van der Waals surface area contributed by atoms with E-state index in [2.05, 4.69) is 19.7 Å². The first-order valence-corrected chi connectivity index (χ1v) is 8.58. The lowest BCUT2D eigenvalue weighted by Crippen LogP contribution is -2.09. The number of benzene rings is 1. The van der Waals surface area contributed by atoms with E-state index in [1.54, 1.807) is 0 Å². The highest BCUT2D eigenvalue weighted by molar-refractivity contribution is 7.16. The van der Waals surface area contributed by atoms with Crippen molar-refractivity contribution < 1.29 is 22.4 Å². The van der Waals surface area contributed by atoms with Gasteiger partial charge in [-0.15, -0.1) is 0 Å². The van der Waals surface area contributed by atoms with Crippen molar-refractivity contribution in [2.75, 3.05) is 11.9 Å². The highest BCUT2D eigenvalue weighted by Gasteiger charge is 2.32. The number of rotatable bonds is 5. The molecule has 10 heteroatoms. The molecular weight excluding hydrogens is 377 g/mol. The Morgan fingerprint density at radius 3 is 2.60 bits per heavy atom. The molecule has 0 spiro atoms. The van der Waals surface area contributed by atoms with Crippen LogP contribution in [0.5, 0.6) is 0 Å². The number of aromatic nitrogens is 1. The lowest BCUT2D eigenvalue weighted by atomic mass is 10.1. The van der Waals surface area contributed by atoms with Crippen LogP contribution >= 0.6 is 20.7 Å². The highest BCUT2D eigenvalue weighted by Crippen LogP contribution is 2.37. The van der Waals surface area contributed by atoms with Crippen molar-refractivity contribution in [2.24, 2.45) is 0 Å². The molecule has 0 saturated carbocycles. The summed E-state index contributed by atoms with van der Waals surface area (Å²) >= 11 is 1.14. The molecule has 25 heavy (non-hydrogen) atoms. The van der Waals surface area contributed by atoms with Gasteiger partial charge in [0.25, 0.3) is 0 Å². The van der Waals surface area contributed by atoms with Gasteiger partial charge in [0.1, 0.15) is 5.82 Å². The van der Waals surface area contributed by atoms with Crippen molar-refractivity contribution in [3.63, 3.8) is 0 Å². The summed E-state index contributed by atoms with van der Waals surface area (Å²) < 4.78 is 54.4. The van der Waals surface area contributed by atoms with E-state index in [0.717, 1.165) is 23.5 Å². The number of hydrogen-bond donors (Lipinski definition) is 1. The van der Waals surface area contributed by atoms with Crippen LogP contribution in [0.2, 0.25) is 0 Å². The van der Waals surface area contributed by atoms with Gasteiger partial charge >= 0.3 is 6.18 Å². The van der Waals surface area contributed by atoms with Gasteiger partial charge in [0.05, 0.1) is 11.3 Å². The molecular formula is C15H16F4N3OPS. The molecule has 0 aliphatic carbocycles. The molecule has 0 saturated heterocycles. The third kappa shape index (κ3) is 5.20. The van der Waals surface area contributed by atoms with Crippen molar-refractivity contribution in [1.82, 2.24) is 9.65 Å². The molecule has 1 unspecified atom stereocenters. The number of hydrogen-bond acceptors (Lipinski definition) is 4. The second-order valence-corrected chi connectivity index (χ2v) is 7.08. The van der Waals surface area contributed by atoms with Crippen LogP contribution in [0.4, 0.5) is 22.7 Å². The minimum Gasteiger partial charge on any atom is -0.302 e. The van der Waals surface area contributed by atoms with Gasteiger partial charge in [-0.1, -0.05) is 27.7 Å². The maximum absolute atomic E-state index is 13.7. The fourth-order valence-corrected chi connectivity index (χ4v) is 3.45. The van der Waals surface area contributed by atoms with Crippen molar-refractivity contribution in [3.8, 4) is 11.3 Å². The molecule has 0 aliphatic heterocycles. The van der Waals surface area contributed by atoms with Crippen LogP contribution in [0.25, 0.3) is 11.3 Å². The van der Waals surface area contributed by atoms with Gasteiger partial charge in [0.15, 0.2) is 5.13 Å². The quantitative estimate of drug-likeness (QED) is 0.599. The first-order valence-electron chi connectivity index (χ1n) is 7.25. The molecule has 0 aliphatic rings. The molecule has 1 atom stereocenters.